The van der Waals surface area contributed by atoms with E-state index in [1.165, 1.54) is 6.92 Å². The maximum Gasteiger partial charge on any atom is 0.335 e. The van der Waals surface area contributed by atoms with Crippen LogP contribution >= 0.6 is 0 Å². The van der Waals surface area contributed by atoms with E-state index in [0.717, 1.165) is 18.7 Å². The predicted molar refractivity (Wildman–Crippen MR) is 74.3 cm³/mol. The summed E-state index contributed by atoms with van der Waals surface area (Å²) in [5, 5.41) is 8.92. The minimum Gasteiger partial charge on any atom is -0.478 e. The van der Waals surface area contributed by atoms with Crippen LogP contribution < -0.4 is 4.72 Å². The lowest BCUT2D eigenvalue weighted by Crippen LogP contribution is -2.37. The highest BCUT2D eigenvalue weighted by Crippen LogP contribution is 2.22. The molecule has 116 valence electrons. The Morgan fingerprint density at radius 1 is 1.48 bits per heavy atom. The number of carboxylic acids is 1. The van der Waals surface area contributed by atoms with E-state index >= 15 is 0 Å². The largest absolute Gasteiger partial charge is 0.478 e. The van der Waals surface area contributed by atoms with E-state index in [2.05, 4.69) is 4.72 Å². The third kappa shape index (κ3) is 3.39. The van der Waals surface area contributed by atoms with Crippen LogP contribution in [0.3, 0.4) is 0 Å². The number of nitrogens with one attached hydrogen (secondary N) is 1. The summed E-state index contributed by atoms with van der Waals surface area (Å²) >= 11 is 0. The highest BCUT2D eigenvalue weighted by Gasteiger charge is 2.28. The zero-order valence-electron chi connectivity index (χ0n) is 11.8. The molecule has 1 aromatic rings. The number of likely N-dealkylation sites (tertiary alicyclic amines) is 1. The lowest BCUT2D eigenvalue weighted by molar-refractivity contribution is 0.0696. The third-order valence-electron chi connectivity index (χ3n) is 3.55. The van der Waals surface area contributed by atoms with Crippen molar-refractivity contribution in [3.05, 3.63) is 29.1 Å². The SMILES string of the molecule is Cc1c(F)cc(C(=O)O)cc1S(=O)(=O)NC1CCN(C)C1. The molecule has 0 aromatic heterocycles. The van der Waals surface area contributed by atoms with Crippen LogP contribution in [0.4, 0.5) is 4.39 Å². The fourth-order valence-electron chi connectivity index (χ4n) is 2.37. The summed E-state index contributed by atoms with van der Waals surface area (Å²) in [6, 6.07) is 1.55. The van der Waals surface area contributed by atoms with Crippen LogP contribution in [0.2, 0.25) is 0 Å². The van der Waals surface area contributed by atoms with Crippen LogP contribution in [0.1, 0.15) is 22.3 Å². The number of benzene rings is 1. The number of sulfonamides is 1. The second-order valence-electron chi connectivity index (χ2n) is 5.26. The Balaban J connectivity index is 2.37. The molecular formula is C13H17FN2O4S. The zero-order chi connectivity index (χ0) is 15.8. The van der Waals surface area contributed by atoms with Gasteiger partial charge in [0, 0.05) is 18.2 Å². The quantitative estimate of drug-likeness (QED) is 0.858. The van der Waals surface area contributed by atoms with Gasteiger partial charge in [0.25, 0.3) is 0 Å². The number of nitrogens with zero attached hydrogens (tertiary/aromatic N) is 1. The molecular weight excluding hydrogens is 299 g/mol. The summed E-state index contributed by atoms with van der Waals surface area (Å²) < 4.78 is 41.0. The van der Waals surface area contributed by atoms with Gasteiger partial charge in [-0.2, -0.15) is 0 Å². The van der Waals surface area contributed by atoms with Gasteiger partial charge in [0.2, 0.25) is 10.0 Å². The summed E-state index contributed by atoms with van der Waals surface area (Å²) in [5.74, 6) is -2.22. The van der Waals surface area contributed by atoms with Crippen LogP contribution in [0.25, 0.3) is 0 Å². The fraction of sp³-hybridized carbons (Fsp3) is 0.462. The Labute approximate surface area is 122 Å². The normalized spacial score (nSPS) is 19.9. The van der Waals surface area contributed by atoms with Crippen LogP contribution in [0.15, 0.2) is 17.0 Å². The molecule has 0 aliphatic carbocycles. The second kappa shape index (κ2) is 5.70. The van der Waals surface area contributed by atoms with Crippen molar-refractivity contribution >= 4 is 16.0 Å². The van der Waals surface area contributed by atoms with Gasteiger partial charge >= 0.3 is 5.97 Å². The van der Waals surface area contributed by atoms with Crippen molar-refractivity contribution in [3.8, 4) is 0 Å². The average Bonchev–Trinajstić information content (AvgIpc) is 2.76. The maximum absolute atomic E-state index is 13.7. The lowest BCUT2D eigenvalue weighted by atomic mass is 10.1. The second-order valence-corrected chi connectivity index (χ2v) is 6.94. The van der Waals surface area contributed by atoms with Gasteiger partial charge < -0.3 is 10.0 Å². The molecule has 1 unspecified atom stereocenters. The number of carbonyl (C=O) groups is 1. The van der Waals surface area contributed by atoms with E-state index in [4.69, 9.17) is 5.11 Å². The minimum absolute atomic E-state index is 0.0844. The highest BCUT2D eigenvalue weighted by atomic mass is 32.2. The Morgan fingerprint density at radius 2 is 2.14 bits per heavy atom. The van der Waals surface area contributed by atoms with Crippen molar-refractivity contribution in [1.29, 1.82) is 0 Å². The molecule has 8 heteroatoms. The summed E-state index contributed by atoms with van der Waals surface area (Å²) in [7, 11) is -2.08. The molecule has 0 saturated carbocycles. The summed E-state index contributed by atoms with van der Waals surface area (Å²) in [4.78, 5) is 12.6. The number of hydrogen-bond acceptors (Lipinski definition) is 4. The van der Waals surface area contributed by atoms with Gasteiger partial charge in [-0.1, -0.05) is 0 Å². The van der Waals surface area contributed by atoms with Crippen molar-refractivity contribution < 1.29 is 22.7 Å². The zero-order valence-corrected chi connectivity index (χ0v) is 12.6. The molecule has 1 atom stereocenters. The summed E-state index contributed by atoms with van der Waals surface area (Å²) in [6.45, 7) is 2.66. The number of hydrogen-bond donors (Lipinski definition) is 2. The van der Waals surface area contributed by atoms with Crippen molar-refractivity contribution in [2.75, 3.05) is 20.1 Å². The molecule has 0 spiro atoms. The number of aromatic carboxylic acids is 1. The molecule has 1 aliphatic rings. The van der Waals surface area contributed by atoms with Crippen LogP contribution in [0, 0.1) is 12.7 Å². The lowest BCUT2D eigenvalue weighted by Gasteiger charge is -2.15. The van der Waals surface area contributed by atoms with Gasteiger partial charge in [0.1, 0.15) is 5.82 Å². The maximum atomic E-state index is 13.7. The molecule has 0 radical (unpaired) electrons. The monoisotopic (exact) mass is 316 g/mol. The average molecular weight is 316 g/mol. The molecule has 1 saturated heterocycles. The van der Waals surface area contributed by atoms with Gasteiger partial charge in [-0.05, 0) is 39.1 Å². The fourth-order valence-corrected chi connectivity index (χ4v) is 3.91. The van der Waals surface area contributed by atoms with E-state index < -0.39 is 21.8 Å². The molecule has 2 rings (SSSR count). The number of likely N-dealkylation sites (N-methyl/N-ethyl adjacent to an activating group) is 1. The molecule has 1 aromatic carbocycles. The van der Waals surface area contributed by atoms with E-state index in [9.17, 15) is 17.6 Å². The molecule has 2 N–H and O–H groups in total. The molecule has 1 heterocycles. The Kier molecular flexibility index (Phi) is 4.31. The topological polar surface area (TPSA) is 86.7 Å². The Hall–Kier alpha value is -1.51. The van der Waals surface area contributed by atoms with E-state index in [-0.39, 0.29) is 22.1 Å². The Morgan fingerprint density at radius 3 is 2.67 bits per heavy atom. The number of carboxylic acid groups (broad SMARTS) is 1. The highest BCUT2D eigenvalue weighted by molar-refractivity contribution is 7.89. The van der Waals surface area contributed by atoms with E-state index in [0.29, 0.717) is 13.0 Å². The molecule has 1 fully saturated rings. The first-order valence-corrected chi connectivity index (χ1v) is 7.93. The van der Waals surface area contributed by atoms with E-state index in [1.54, 1.807) is 0 Å². The van der Waals surface area contributed by atoms with Crippen LogP contribution in [-0.4, -0.2) is 50.6 Å². The van der Waals surface area contributed by atoms with Crippen molar-refractivity contribution in [1.82, 2.24) is 9.62 Å². The van der Waals surface area contributed by atoms with Crippen LogP contribution in [0.5, 0.6) is 0 Å². The molecule has 6 nitrogen and oxygen atoms in total. The summed E-state index contributed by atoms with van der Waals surface area (Å²) in [5.41, 5.74) is -0.471. The minimum atomic E-state index is -3.96. The van der Waals surface area contributed by atoms with Crippen molar-refractivity contribution in [3.63, 3.8) is 0 Å². The smallest absolute Gasteiger partial charge is 0.335 e. The van der Waals surface area contributed by atoms with Crippen molar-refractivity contribution in [2.45, 2.75) is 24.3 Å². The molecule has 0 bridgehead atoms. The molecule has 21 heavy (non-hydrogen) atoms. The van der Waals surface area contributed by atoms with Gasteiger partial charge in [0.05, 0.1) is 10.5 Å². The number of halogens is 1. The van der Waals surface area contributed by atoms with Crippen molar-refractivity contribution in [2.24, 2.45) is 0 Å². The summed E-state index contributed by atoms with van der Waals surface area (Å²) in [6.07, 6.45) is 0.663. The van der Waals surface area contributed by atoms with Crippen LogP contribution in [-0.2, 0) is 10.0 Å². The van der Waals surface area contributed by atoms with Gasteiger partial charge in [0.15, 0.2) is 0 Å². The standard InChI is InChI=1S/C13H17FN2O4S/c1-8-11(14)5-9(13(17)18)6-12(8)21(19,20)15-10-3-4-16(2)7-10/h5-6,10,15H,3-4,7H2,1-2H3,(H,17,18). The van der Waals surface area contributed by atoms with E-state index in [1.807, 2.05) is 11.9 Å². The first-order valence-electron chi connectivity index (χ1n) is 6.45. The van der Waals surface area contributed by atoms with Gasteiger partial charge in [-0.3, -0.25) is 0 Å². The van der Waals surface area contributed by atoms with Gasteiger partial charge in [-0.25, -0.2) is 22.3 Å². The first-order chi connectivity index (χ1) is 9.70. The third-order valence-corrected chi connectivity index (χ3v) is 5.19. The molecule has 1 aliphatic heterocycles. The number of rotatable bonds is 4. The molecule has 0 amide bonds. The Bertz CT molecular complexity index is 675. The van der Waals surface area contributed by atoms with Gasteiger partial charge in [-0.15, -0.1) is 0 Å². The first kappa shape index (κ1) is 15.9. The predicted octanol–water partition coefficient (Wildman–Crippen LogP) is 0.815.